The zero-order valence-corrected chi connectivity index (χ0v) is 33.1. The smallest absolute Gasteiger partial charge is 0.394 e. The van der Waals surface area contributed by atoms with E-state index < -0.39 is 78.5 Å². The van der Waals surface area contributed by atoms with Crippen molar-refractivity contribution in [1.82, 2.24) is 5.32 Å². The Morgan fingerprint density at radius 1 is 0.692 bits per heavy atom. The summed E-state index contributed by atoms with van der Waals surface area (Å²) < 4.78 is 47.4. The molecule has 0 radical (unpaired) electrons. The average molecular weight is 770 g/mol. The van der Waals surface area contributed by atoms with Crippen LogP contribution in [-0.2, 0) is 28.9 Å². The third kappa shape index (κ3) is 23.1. The van der Waals surface area contributed by atoms with Gasteiger partial charge < -0.3 is 40.3 Å². The maximum atomic E-state index is 13.0. The fraction of sp³-hybridized carbons (Fsp3) is 0.974. The molecule has 1 rings (SSSR count). The minimum absolute atomic E-state index is 0.264. The predicted molar refractivity (Wildman–Crippen MR) is 201 cm³/mol. The normalized spacial score (nSPS) is 22.7. The Hall–Kier alpha value is -0.940. The minimum atomic E-state index is -5.10. The van der Waals surface area contributed by atoms with Gasteiger partial charge in [0.25, 0.3) is 0 Å². The van der Waals surface area contributed by atoms with Crippen molar-refractivity contribution in [2.75, 3.05) is 13.2 Å². The molecule has 1 saturated heterocycles. The highest BCUT2D eigenvalue weighted by Crippen LogP contribution is 2.26. The molecule has 14 heteroatoms. The molecule has 1 aliphatic rings. The first kappa shape index (κ1) is 49.1. The number of nitrogens with one attached hydrogen (secondary N) is 1. The van der Waals surface area contributed by atoms with E-state index in [4.69, 9.17) is 14.0 Å². The number of hydrogen-bond donors (Lipinski definition) is 7. The Bertz CT molecular complexity index is 974. The Balaban J connectivity index is 2.65. The van der Waals surface area contributed by atoms with Crippen LogP contribution in [0.3, 0.4) is 0 Å². The average Bonchev–Trinajstić information content (AvgIpc) is 3.11. The Morgan fingerprint density at radius 3 is 1.54 bits per heavy atom. The monoisotopic (exact) mass is 770 g/mol. The number of carbonyl (C=O) groups is 1. The van der Waals surface area contributed by atoms with Crippen LogP contribution in [0.5, 0.6) is 0 Å². The molecule has 1 amide bonds. The van der Waals surface area contributed by atoms with Gasteiger partial charge in [0, 0.05) is 0 Å². The number of hydrogen-bond acceptors (Lipinski definition) is 11. The van der Waals surface area contributed by atoms with Gasteiger partial charge in [0.1, 0.15) is 30.5 Å². The molecule has 0 aromatic carbocycles. The van der Waals surface area contributed by atoms with Crippen LogP contribution in [0, 0.1) is 0 Å². The minimum Gasteiger partial charge on any atom is -0.394 e. The standard InChI is InChI=1S/C38H75NO12S/c1-3-5-7-9-11-13-15-16-17-19-20-22-24-26-31(41)30(39-37(45)32(42)27-25-23-21-18-14-12-10-8-6-4-2)29-49-38-35(44)36(51-52(46,47)48)34(43)33(28-40)50-38/h30-36,38,40-44H,3-29H2,1-2H3,(H,39,45)(H,46,47,48). The number of aliphatic hydroxyl groups excluding tert-OH is 5. The highest BCUT2D eigenvalue weighted by molar-refractivity contribution is 7.80. The second-order valence-electron chi connectivity index (χ2n) is 14.7. The highest BCUT2D eigenvalue weighted by atomic mass is 32.3. The van der Waals surface area contributed by atoms with Crippen LogP contribution in [0.1, 0.15) is 174 Å². The van der Waals surface area contributed by atoms with Crippen molar-refractivity contribution in [2.24, 2.45) is 0 Å². The summed E-state index contributed by atoms with van der Waals surface area (Å²) in [7, 11) is -5.10. The quantitative estimate of drug-likeness (QED) is 0.0314. The van der Waals surface area contributed by atoms with Crippen LogP contribution in [-0.4, -0.2) is 107 Å². The SMILES string of the molecule is CCCCCCCCCCCCCCCC(O)C(COC1OC(CO)C(O)C(OS(=O)(=O)O)C1O)NC(=O)C(O)CCCCCCCCCCCC. The van der Waals surface area contributed by atoms with Crippen LogP contribution < -0.4 is 5.32 Å². The number of aliphatic hydroxyl groups is 5. The van der Waals surface area contributed by atoms with E-state index in [9.17, 15) is 38.7 Å². The summed E-state index contributed by atoms with van der Waals surface area (Å²) in [6.07, 6.45) is 15.9. The molecule has 1 fully saturated rings. The largest absolute Gasteiger partial charge is 0.397 e. The summed E-state index contributed by atoms with van der Waals surface area (Å²) in [5, 5.41) is 55.0. The van der Waals surface area contributed by atoms with Gasteiger partial charge in [-0.15, -0.1) is 0 Å². The molecule has 13 nitrogen and oxygen atoms in total. The van der Waals surface area contributed by atoms with Crippen LogP contribution in [0.15, 0.2) is 0 Å². The van der Waals surface area contributed by atoms with Crippen molar-refractivity contribution >= 4 is 16.3 Å². The molecule has 1 heterocycles. The summed E-state index contributed by atoms with van der Waals surface area (Å²) in [5.41, 5.74) is 0. The van der Waals surface area contributed by atoms with Gasteiger partial charge in [-0.3, -0.25) is 9.35 Å². The molecule has 52 heavy (non-hydrogen) atoms. The summed E-state index contributed by atoms with van der Waals surface area (Å²) >= 11 is 0. The molecule has 8 unspecified atom stereocenters. The van der Waals surface area contributed by atoms with E-state index >= 15 is 0 Å². The lowest BCUT2D eigenvalue weighted by Gasteiger charge is -2.41. The first-order valence-corrected chi connectivity index (χ1v) is 21.9. The van der Waals surface area contributed by atoms with E-state index in [-0.39, 0.29) is 6.42 Å². The zero-order chi connectivity index (χ0) is 38.6. The summed E-state index contributed by atoms with van der Waals surface area (Å²) in [6.45, 7) is 3.23. The van der Waals surface area contributed by atoms with Gasteiger partial charge >= 0.3 is 10.4 Å². The number of unbranched alkanes of at least 4 members (excludes halogenated alkanes) is 21. The van der Waals surface area contributed by atoms with E-state index in [1.807, 2.05) is 0 Å². The van der Waals surface area contributed by atoms with Gasteiger partial charge in [-0.25, -0.2) is 4.18 Å². The van der Waals surface area contributed by atoms with Gasteiger partial charge in [0.05, 0.1) is 25.4 Å². The lowest BCUT2D eigenvalue weighted by Crippen LogP contribution is -2.61. The van der Waals surface area contributed by atoms with Crippen molar-refractivity contribution in [3.63, 3.8) is 0 Å². The molecule has 310 valence electrons. The van der Waals surface area contributed by atoms with Gasteiger partial charge in [-0.2, -0.15) is 8.42 Å². The molecule has 0 saturated carbocycles. The predicted octanol–water partition coefficient (Wildman–Crippen LogP) is 5.63. The molecule has 8 atom stereocenters. The van der Waals surface area contributed by atoms with E-state index in [2.05, 4.69) is 23.3 Å². The summed E-state index contributed by atoms with van der Waals surface area (Å²) in [5.74, 6) is -0.671. The molecule has 0 aliphatic carbocycles. The molecule has 0 aromatic heterocycles. The lowest BCUT2D eigenvalue weighted by atomic mass is 9.99. The van der Waals surface area contributed by atoms with Crippen LogP contribution in [0.25, 0.3) is 0 Å². The van der Waals surface area contributed by atoms with Crippen LogP contribution in [0.4, 0.5) is 0 Å². The van der Waals surface area contributed by atoms with Crippen molar-refractivity contribution in [3.05, 3.63) is 0 Å². The van der Waals surface area contributed by atoms with E-state index in [0.717, 1.165) is 38.5 Å². The van der Waals surface area contributed by atoms with E-state index in [1.54, 1.807) is 0 Å². The first-order valence-electron chi connectivity index (χ1n) is 20.5. The second kappa shape index (κ2) is 30.3. The van der Waals surface area contributed by atoms with Gasteiger partial charge in [-0.05, 0) is 12.8 Å². The maximum absolute atomic E-state index is 13.0. The Morgan fingerprint density at radius 2 is 1.12 bits per heavy atom. The topological polar surface area (TPSA) is 212 Å². The van der Waals surface area contributed by atoms with Crippen molar-refractivity contribution < 1.29 is 57.0 Å². The molecule has 0 bridgehead atoms. The van der Waals surface area contributed by atoms with Crippen molar-refractivity contribution in [2.45, 2.75) is 223 Å². The van der Waals surface area contributed by atoms with E-state index in [1.165, 1.54) is 96.3 Å². The maximum Gasteiger partial charge on any atom is 0.397 e. The molecule has 0 aromatic rings. The molecular weight excluding hydrogens is 694 g/mol. The molecule has 7 N–H and O–H groups in total. The Labute approximate surface area is 314 Å². The van der Waals surface area contributed by atoms with Crippen LogP contribution in [0.2, 0.25) is 0 Å². The number of ether oxygens (including phenoxy) is 2. The molecular formula is C38H75NO12S. The van der Waals surface area contributed by atoms with Crippen molar-refractivity contribution in [3.8, 4) is 0 Å². The first-order chi connectivity index (χ1) is 24.9. The summed E-state index contributed by atoms with van der Waals surface area (Å²) in [6, 6.07) is -1.02. The van der Waals surface area contributed by atoms with E-state index in [0.29, 0.717) is 19.3 Å². The van der Waals surface area contributed by atoms with Gasteiger partial charge in [0.2, 0.25) is 5.91 Å². The fourth-order valence-electron chi connectivity index (χ4n) is 6.70. The zero-order valence-electron chi connectivity index (χ0n) is 32.3. The number of carbonyl (C=O) groups excluding carboxylic acids is 1. The van der Waals surface area contributed by atoms with Gasteiger partial charge in [-0.1, -0.05) is 162 Å². The van der Waals surface area contributed by atoms with Gasteiger partial charge in [0.15, 0.2) is 6.29 Å². The molecule has 0 spiro atoms. The fourth-order valence-corrected chi connectivity index (χ4v) is 7.21. The molecule has 1 aliphatic heterocycles. The third-order valence-electron chi connectivity index (χ3n) is 10.0. The van der Waals surface area contributed by atoms with Crippen molar-refractivity contribution in [1.29, 1.82) is 0 Å². The second-order valence-corrected chi connectivity index (χ2v) is 15.8. The third-order valence-corrected chi connectivity index (χ3v) is 10.5. The highest BCUT2D eigenvalue weighted by Gasteiger charge is 2.48. The summed E-state index contributed by atoms with van der Waals surface area (Å²) in [4.78, 5) is 13.0. The Kier molecular flexibility index (Phi) is 28.6. The van der Waals surface area contributed by atoms with Crippen LogP contribution >= 0.6 is 0 Å². The lowest BCUT2D eigenvalue weighted by molar-refractivity contribution is -0.298. The number of amides is 1. The number of rotatable bonds is 34.